The first-order valence-corrected chi connectivity index (χ1v) is 7.01. The Morgan fingerprint density at radius 3 is 2.70 bits per heavy atom. The Morgan fingerprint density at radius 2 is 2.05 bits per heavy atom. The highest BCUT2D eigenvalue weighted by atomic mass is 32.1. The van der Waals surface area contributed by atoms with Crippen LogP contribution in [-0.4, -0.2) is 25.2 Å². The third-order valence-corrected chi connectivity index (χ3v) is 3.51. The molecule has 0 spiro atoms. The van der Waals surface area contributed by atoms with Crippen LogP contribution in [0.5, 0.6) is 5.75 Å². The monoisotopic (exact) mass is 292 g/mol. The molecule has 20 heavy (non-hydrogen) atoms. The van der Waals surface area contributed by atoms with E-state index in [2.05, 4.69) is 15.0 Å². The molecule has 2 aromatic rings. The predicted molar refractivity (Wildman–Crippen MR) is 78.7 cm³/mol. The quantitative estimate of drug-likeness (QED) is 0.829. The van der Waals surface area contributed by atoms with E-state index in [0.29, 0.717) is 12.8 Å². The molecule has 0 aliphatic rings. The van der Waals surface area contributed by atoms with Gasteiger partial charge in [0, 0.05) is 17.5 Å². The second-order valence-electron chi connectivity index (χ2n) is 4.07. The molecule has 1 heterocycles. The third kappa shape index (κ3) is 3.96. The number of esters is 1. The van der Waals surface area contributed by atoms with Crippen LogP contribution in [0.2, 0.25) is 0 Å². The van der Waals surface area contributed by atoms with Crippen molar-refractivity contribution in [2.75, 3.05) is 19.5 Å². The first kappa shape index (κ1) is 14.3. The number of hydrogen-bond acceptors (Lipinski definition) is 6. The van der Waals surface area contributed by atoms with E-state index in [4.69, 9.17) is 4.74 Å². The van der Waals surface area contributed by atoms with Crippen LogP contribution in [0.3, 0.4) is 0 Å². The van der Waals surface area contributed by atoms with Gasteiger partial charge in [0.2, 0.25) is 0 Å². The summed E-state index contributed by atoms with van der Waals surface area (Å²) in [6.45, 7) is 0. The Labute approximate surface area is 121 Å². The van der Waals surface area contributed by atoms with Gasteiger partial charge in [0.05, 0.1) is 26.3 Å². The van der Waals surface area contributed by atoms with E-state index in [1.807, 2.05) is 29.6 Å². The third-order valence-electron chi connectivity index (χ3n) is 2.71. The Kier molecular flexibility index (Phi) is 4.95. The molecule has 0 atom stereocenters. The van der Waals surface area contributed by atoms with E-state index in [1.54, 1.807) is 7.11 Å². The van der Waals surface area contributed by atoms with Crippen molar-refractivity contribution in [2.45, 2.75) is 12.8 Å². The number of rotatable bonds is 6. The largest absolute Gasteiger partial charge is 0.497 e. The number of aryl methyl sites for hydroxylation is 1. The van der Waals surface area contributed by atoms with E-state index >= 15 is 0 Å². The smallest absolute Gasteiger partial charge is 0.305 e. The molecule has 0 unspecified atom stereocenters. The number of ether oxygens (including phenoxy) is 2. The molecule has 0 aliphatic carbocycles. The van der Waals surface area contributed by atoms with Gasteiger partial charge in [-0.1, -0.05) is 0 Å². The standard InChI is InChI=1S/C14H16N2O3S/c1-18-12-6-3-10(4-7-12)15-14-16-11(9-20-14)5-8-13(17)19-2/h3-4,6-7,9H,5,8H2,1-2H3,(H,15,16). The molecule has 5 nitrogen and oxygen atoms in total. The van der Waals surface area contributed by atoms with Crippen LogP contribution < -0.4 is 10.1 Å². The summed E-state index contributed by atoms with van der Waals surface area (Å²) in [6, 6.07) is 7.62. The fraction of sp³-hybridized carbons (Fsp3) is 0.286. The van der Waals surface area contributed by atoms with E-state index in [0.717, 1.165) is 22.3 Å². The molecule has 1 aromatic heterocycles. The van der Waals surface area contributed by atoms with Crippen molar-refractivity contribution in [3.8, 4) is 5.75 Å². The van der Waals surface area contributed by atoms with Gasteiger partial charge >= 0.3 is 5.97 Å². The molecule has 106 valence electrons. The number of aromatic nitrogens is 1. The molecule has 0 fully saturated rings. The summed E-state index contributed by atoms with van der Waals surface area (Å²) in [5, 5.41) is 5.95. The molecule has 0 radical (unpaired) electrons. The van der Waals surface area contributed by atoms with E-state index in [1.165, 1.54) is 18.4 Å². The summed E-state index contributed by atoms with van der Waals surface area (Å²) in [6.07, 6.45) is 0.940. The van der Waals surface area contributed by atoms with Gasteiger partial charge in [-0.2, -0.15) is 0 Å². The molecular weight excluding hydrogens is 276 g/mol. The lowest BCUT2D eigenvalue weighted by Gasteiger charge is -2.03. The van der Waals surface area contributed by atoms with Crippen LogP contribution in [0.25, 0.3) is 0 Å². The van der Waals surface area contributed by atoms with Crippen molar-refractivity contribution in [1.82, 2.24) is 4.98 Å². The number of nitrogens with zero attached hydrogens (tertiary/aromatic N) is 1. The number of anilines is 2. The van der Waals surface area contributed by atoms with Crippen molar-refractivity contribution in [3.05, 3.63) is 35.3 Å². The highest BCUT2D eigenvalue weighted by Crippen LogP contribution is 2.23. The van der Waals surface area contributed by atoms with Gasteiger partial charge in [0.1, 0.15) is 5.75 Å². The summed E-state index contributed by atoms with van der Waals surface area (Å²) in [5.74, 6) is 0.594. The zero-order valence-corrected chi connectivity index (χ0v) is 12.2. The Bertz CT molecular complexity index is 566. The first-order valence-electron chi connectivity index (χ1n) is 6.13. The number of carbonyl (C=O) groups excluding carboxylic acids is 1. The highest BCUT2D eigenvalue weighted by Gasteiger charge is 2.06. The minimum absolute atomic E-state index is 0.220. The molecule has 0 saturated carbocycles. The molecule has 1 aromatic carbocycles. The summed E-state index contributed by atoms with van der Waals surface area (Å²) >= 11 is 1.51. The zero-order chi connectivity index (χ0) is 14.4. The summed E-state index contributed by atoms with van der Waals surface area (Å²) in [4.78, 5) is 15.5. The van der Waals surface area contributed by atoms with Crippen LogP contribution in [0, 0.1) is 0 Å². The normalized spacial score (nSPS) is 10.1. The van der Waals surface area contributed by atoms with Gasteiger partial charge in [0.25, 0.3) is 0 Å². The predicted octanol–water partition coefficient (Wildman–Crippen LogP) is 3.00. The Morgan fingerprint density at radius 1 is 1.30 bits per heavy atom. The summed E-state index contributed by atoms with van der Waals surface area (Å²) in [7, 11) is 3.02. The molecule has 1 N–H and O–H groups in total. The molecular formula is C14H16N2O3S. The number of hydrogen-bond donors (Lipinski definition) is 1. The second kappa shape index (κ2) is 6.91. The van der Waals surface area contributed by atoms with Gasteiger partial charge in [-0.15, -0.1) is 11.3 Å². The minimum atomic E-state index is -0.220. The van der Waals surface area contributed by atoms with Crippen molar-refractivity contribution in [2.24, 2.45) is 0 Å². The van der Waals surface area contributed by atoms with E-state index in [9.17, 15) is 4.79 Å². The van der Waals surface area contributed by atoms with Crippen molar-refractivity contribution in [1.29, 1.82) is 0 Å². The average molecular weight is 292 g/mol. The maximum Gasteiger partial charge on any atom is 0.305 e. The SMILES string of the molecule is COC(=O)CCc1csc(Nc2ccc(OC)cc2)n1. The first-order chi connectivity index (χ1) is 9.71. The number of benzene rings is 1. The fourth-order valence-electron chi connectivity index (χ4n) is 1.61. The van der Waals surface area contributed by atoms with Gasteiger partial charge in [-0.25, -0.2) is 4.98 Å². The summed E-state index contributed by atoms with van der Waals surface area (Å²) in [5.41, 5.74) is 1.83. The molecule has 6 heteroatoms. The Balaban J connectivity index is 1.93. The number of nitrogens with one attached hydrogen (secondary N) is 1. The van der Waals surface area contributed by atoms with Crippen LogP contribution in [0.1, 0.15) is 12.1 Å². The van der Waals surface area contributed by atoms with Crippen molar-refractivity contribution in [3.63, 3.8) is 0 Å². The second-order valence-corrected chi connectivity index (χ2v) is 4.93. The fourth-order valence-corrected chi connectivity index (χ4v) is 2.37. The van der Waals surface area contributed by atoms with E-state index < -0.39 is 0 Å². The van der Waals surface area contributed by atoms with Gasteiger partial charge in [-0.05, 0) is 24.3 Å². The van der Waals surface area contributed by atoms with Crippen LogP contribution in [0.15, 0.2) is 29.6 Å². The number of carbonyl (C=O) groups is 1. The molecule has 0 aliphatic heterocycles. The maximum absolute atomic E-state index is 11.1. The van der Waals surface area contributed by atoms with Gasteiger partial charge in [0.15, 0.2) is 5.13 Å². The highest BCUT2D eigenvalue weighted by molar-refractivity contribution is 7.13. The van der Waals surface area contributed by atoms with Crippen molar-refractivity contribution >= 4 is 28.1 Å². The number of methoxy groups -OCH3 is 2. The average Bonchev–Trinajstić information content (AvgIpc) is 2.93. The number of thiazole rings is 1. The van der Waals surface area contributed by atoms with Crippen LogP contribution >= 0.6 is 11.3 Å². The van der Waals surface area contributed by atoms with Crippen LogP contribution in [0.4, 0.5) is 10.8 Å². The lowest BCUT2D eigenvalue weighted by atomic mass is 10.2. The topological polar surface area (TPSA) is 60.5 Å². The maximum atomic E-state index is 11.1. The van der Waals surface area contributed by atoms with Crippen molar-refractivity contribution < 1.29 is 14.3 Å². The van der Waals surface area contributed by atoms with Gasteiger partial charge in [-0.3, -0.25) is 4.79 Å². The van der Waals surface area contributed by atoms with Crippen LogP contribution in [-0.2, 0) is 16.0 Å². The molecule has 0 saturated heterocycles. The minimum Gasteiger partial charge on any atom is -0.497 e. The van der Waals surface area contributed by atoms with E-state index in [-0.39, 0.29) is 5.97 Å². The Hall–Kier alpha value is -2.08. The molecule has 0 amide bonds. The lowest BCUT2D eigenvalue weighted by Crippen LogP contribution is -2.02. The van der Waals surface area contributed by atoms with Gasteiger partial charge < -0.3 is 14.8 Å². The zero-order valence-electron chi connectivity index (χ0n) is 11.4. The lowest BCUT2D eigenvalue weighted by molar-refractivity contribution is -0.140. The molecule has 0 bridgehead atoms. The summed E-state index contributed by atoms with van der Waals surface area (Å²) < 4.78 is 9.71. The molecule has 2 rings (SSSR count).